The molecule has 21 heavy (non-hydrogen) atoms. The minimum absolute atomic E-state index is 0.703. The standard InChI is InChI=1S/C20H37N/c1-5-18(13-16(2)3)15-19(11-12-21)14-17(4)20-9-7-6-8-10-20/h11-12,15-18,20H,5-10,13-14,21H2,1-4H3/b12-11-,19-15+. The van der Waals surface area contributed by atoms with Gasteiger partial charge in [-0.25, -0.2) is 0 Å². The van der Waals surface area contributed by atoms with Gasteiger partial charge in [0.05, 0.1) is 0 Å². The summed E-state index contributed by atoms with van der Waals surface area (Å²) in [6.45, 7) is 9.38. The average molecular weight is 292 g/mol. The molecular formula is C20H37N. The van der Waals surface area contributed by atoms with Crippen LogP contribution in [0.3, 0.4) is 0 Å². The number of allylic oxidation sites excluding steroid dienone is 3. The third-order valence-corrected chi connectivity index (χ3v) is 5.07. The molecule has 0 aromatic rings. The highest BCUT2D eigenvalue weighted by Crippen LogP contribution is 2.33. The summed E-state index contributed by atoms with van der Waals surface area (Å²) >= 11 is 0. The Balaban J connectivity index is 2.66. The molecule has 0 aromatic carbocycles. The molecule has 1 fully saturated rings. The van der Waals surface area contributed by atoms with Gasteiger partial charge < -0.3 is 5.73 Å². The van der Waals surface area contributed by atoms with Crippen molar-refractivity contribution in [2.45, 2.75) is 79.1 Å². The Hall–Kier alpha value is -0.720. The molecule has 0 aromatic heterocycles. The molecule has 1 saturated carbocycles. The summed E-state index contributed by atoms with van der Waals surface area (Å²) in [4.78, 5) is 0. The molecule has 0 aliphatic heterocycles. The molecule has 0 saturated heterocycles. The van der Waals surface area contributed by atoms with Gasteiger partial charge in [-0.3, -0.25) is 0 Å². The highest BCUT2D eigenvalue weighted by atomic mass is 14.5. The Morgan fingerprint density at radius 1 is 1.14 bits per heavy atom. The van der Waals surface area contributed by atoms with Crippen molar-refractivity contribution in [3.8, 4) is 0 Å². The van der Waals surface area contributed by atoms with Crippen LogP contribution in [0, 0.1) is 23.7 Å². The minimum atomic E-state index is 0.703. The molecule has 0 radical (unpaired) electrons. The quantitative estimate of drug-likeness (QED) is 0.540. The van der Waals surface area contributed by atoms with Gasteiger partial charge in [0, 0.05) is 0 Å². The maximum atomic E-state index is 5.68. The Labute approximate surface area is 133 Å². The van der Waals surface area contributed by atoms with E-state index in [0.29, 0.717) is 5.92 Å². The van der Waals surface area contributed by atoms with Crippen LogP contribution in [0.5, 0.6) is 0 Å². The topological polar surface area (TPSA) is 26.0 Å². The zero-order valence-electron chi connectivity index (χ0n) is 14.8. The highest BCUT2D eigenvalue weighted by Gasteiger charge is 2.20. The van der Waals surface area contributed by atoms with Crippen LogP contribution in [-0.4, -0.2) is 0 Å². The van der Waals surface area contributed by atoms with E-state index in [1.165, 1.54) is 56.9 Å². The van der Waals surface area contributed by atoms with Crippen LogP contribution in [0.2, 0.25) is 0 Å². The number of hydrogen-bond donors (Lipinski definition) is 1. The third-order valence-electron chi connectivity index (χ3n) is 5.07. The van der Waals surface area contributed by atoms with Gasteiger partial charge in [0.1, 0.15) is 0 Å². The molecule has 1 heteroatoms. The minimum Gasteiger partial charge on any atom is -0.405 e. The van der Waals surface area contributed by atoms with Crippen molar-refractivity contribution in [1.82, 2.24) is 0 Å². The van der Waals surface area contributed by atoms with Crippen LogP contribution in [0.25, 0.3) is 0 Å². The summed E-state index contributed by atoms with van der Waals surface area (Å²) in [6.07, 6.45) is 17.3. The molecule has 1 aliphatic carbocycles. The van der Waals surface area contributed by atoms with E-state index in [-0.39, 0.29) is 0 Å². The van der Waals surface area contributed by atoms with Crippen LogP contribution in [-0.2, 0) is 0 Å². The largest absolute Gasteiger partial charge is 0.405 e. The summed E-state index contributed by atoms with van der Waals surface area (Å²) in [5.74, 6) is 3.20. The molecule has 2 N–H and O–H groups in total. The lowest BCUT2D eigenvalue weighted by molar-refractivity contribution is 0.262. The Bertz CT molecular complexity index is 321. The summed E-state index contributed by atoms with van der Waals surface area (Å²) in [5, 5.41) is 0. The highest BCUT2D eigenvalue weighted by molar-refractivity contribution is 5.19. The first-order valence-corrected chi connectivity index (χ1v) is 9.15. The fourth-order valence-electron chi connectivity index (χ4n) is 3.82. The van der Waals surface area contributed by atoms with Crippen molar-refractivity contribution < 1.29 is 0 Å². The van der Waals surface area contributed by atoms with Gasteiger partial charge in [0.15, 0.2) is 0 Å². The summed E-state index contributed by atoms with van der Waals surface area (Å²) < 4.78 is 0. The zero-order valence-corrected chi connectivity index (χ0v) is 14.8. The second-order valence-electron chi connectivity index (χ2n) is 7.48. The first kappa shape index (κ1) is 18.3. The molecular weight excluding hydrogens is 254 g/mol. The Morgan fingerprint density at radius 2 is 1.81 bits per heavy atom. The van der Waals surface area contributed by atoms with Crippen molar-refractivity contribution in [2.24, 2.45) is 29.4 Å². The lowest BCUT2D eigenvalue weighted by atomic mass is 9.78. The second-order valence-corrected chi connectivity index (χ2v) is 7.48. The van der Waals surface area contributed by atoms with E-state index < -0.39 is 0 Å². The van der Waals surface area contributed by atoms with Gasteiger partial charge >= 0.3 is 0 Å². The van der Waals surface area contributed by atoms with Crippen LogP contribution in [0.1, 0.15) is 79.1 Å². The summed E-state index contributed by atoms with van der Waals surface area (Å²) in [6, 6.07) is 0. The van der Waals surface area contributed by atoms with E-state index in [0.717, 1.165) is 17.8 Å². The fraction of sp³-hybridized carbons (Fsp3) is 0.800. The molecule has 1 rings (SSSR count). The predicted molar refractivity (Wildman–Crippen MR) is 95.0 cm³/mol. The first-order chi connectivity index (χ1) is 10.1. The van der Waals surface area contributed by atoms with Crippen molar-refractivity contribution >= 4 is 0 Å². The van der Waals surface area contributed by atoms with Crippen molar-refractivity contribution in [3.05, 3.63) is 23.9 Å². The molecule has 2 atom stereocenters. The van der Waals surface area contributed by atoms with Gasteiger partial charge in [-0.15, -0.1) is 0 Å². The maximum absolute atomic E-state index is 5.68. The van der Waals surface area contributed by atoms with Crippen LogP contribution < -0.4 is 5.73 Å². The van der Waals surface area contributed by atoms with Crippen molar-refractivity contribution in [2.75, 3.05) is 0 Å². The zero-order chi connectivity index (χ0) is 15.7. The molecule has 0 heterocycles. The van der Waals surface area contributed by atoms with Gasteiger partial charge in [0.25, 0.3) is 0 Å². The lowest BCUT2D eigenvalue weighted by Gasteiger charge is -2.28. The number of nitrogens with two attached hydrogens (primary N) is 1. The average Bonchev–Trinajstić information content (AvgIpc) is 2.47. The van der Waals surface area contributed by atoms with E-state index >= 15 is 0 Å². The molecule has 2 unspecified atom stereocenters. The molecule has 1 aliphatic rings. The normalized spacial score (nSPS) is 21.1. The molecule has 0 bridgehead atoms. The van der Waals surface area contributed by atoms with Gasteiger partial charge in [-0.2, -0.15) is 0 Å². The fourth-order valence-corrected chi connectivity index (χ4v) is 3.82. The monoisotopic (exact) mass is 291 g/mol. The predicted octanol–water partition coefficient (Wildman–Crippen LogP) is 6.06. The molecule has 0 amide bonds. The van der Waals surface area contributed by atoms with Gasteiger partial charge in [-0.1, -0.05) is 71.4 Å². The first-order valence-electron chi connectivity index (χ1n) is 9.15. The van der Waals surface area contributed by atoms with Crippen LogP contribution >= 0.6 is 0 Å². The van der Waals surface area contributed by atoms with Gasteiger partial charge in [-0.05, 0) is 55.2 Å². The van der Waals surface area contributed by atoms with Gasteiger partial charge in [0.2, 0.25) is 0 Å². The molecule has 122 valence electrons. The van der Waals surface area contributed by atoms with E-state index in [4.69, 9.17) is 5.73 Å². The third kappa shape index (κ3) is 7.20. The molecule has 1 nitrogen and oxygen atoms in total. The smallest absolute Gasteiger partial charge is 0.00597 e. The van der Waals surface area contributed by atoms with Crippen molar-refractivity contribution in [3.63, 3.8) is 0 Å². The van der Waals surface area contributed by atoms with E-state index in [2.05, 4.69) is 39.8 Å². The SMILES string of the molecule is CCC(/C=C(\C=C/N)CC(C)C1CCCCC1)CC(C)C. The van der Waals surface area contributed by atoms with Crippen molar-refractivity contribution in [1.29, 1.82) is 0 Å². The van der Waals surface area contributed by atoms with E-state index in [9.17, 15) is 0 Å². The van der Waals surface area contributed by atoms with Crippen LogP contribution in [0.15, 0.2) is 23.9 Å². The second kappa shape index (κ2) is 10.1. The number of hydrogen-bond acceptors (Lipinski definition) is 1. The molecule has 0 spiro atoms. The Kier molecular flexibility index (Phi) is 8.80. The maximum Gasteiger partial charge on any atom is -0.00597 e. The van der Waals surface area contributed by atoms with Crippen LogP contribution in [0.4, 0.5) is 0 Å². The Morgan fingerprint density at radius 3 is 2.33 bits per heavy atom. The summed E-state index contributed by atoms with van der Waals surface area (Å²) in [5.41, 5.74) is 7.14. The lowest BCUT2D eigenvalue weighted by Crippen LogP contribution is -2.16. The van der Waals surface area contributed by atoms with E-state index in [1.54, 1.807) is 6.20 Å². The summed E-state index contributed by atoms with van der Waals surface area (Å²) in [7, 11) is 0. The number of rotatable bonds is 8. The van der Waals surface area contributed by atoms with E-state index in [1.807, 2.05) is 0 Å².